The molecule has 0 fully saturated rings. The second-order valence-electron chi connectivity index (χ2n) is 3.53. The zero-order valence-corrected chi connectivity index (χ0v) is 9.84. The zero-order chi connectivity index (χ0) is 12.8. The number of carboxylic acids is 1. The third kappa shape index (κ3) is 3.48. The van der Waals surface area contributed by atoms with Gasteiger partial charge >= 0.3 is 12.1 Å². The van der Waals surface area contributed by atoms with E-state index < -0.39 is 12.1 Å². The molecule has 0 aliphatic rings. The van der Waals surface area contributed by atoms with Crippen molar-refractivity contribution in [3.8, 4) is 0 Å². The molecule has 5 nitrogen and oxygen atoms in total. The van der Waals surface area contributed by atoms with Crippen molar-refractivity contribution < 1.29 is 19.4 Å². The normalized spacial score (nSPS) is 9.76. The first kappa shape index (κ1) is 13.0. The number of benzene rings is 1. The van der Waals surface area contributed by atoms with Crippen molar-refractivity contribution in [1.82, 2.24) is 0 Å². The minimum atomic E-state index is -1.03. The van der Waals surface area contributed by atoms with Gasteiger partial charge in [-0.25, -0.2) is 9.59 Å². The highest BCUT2D eigenvalue weighted by Crippen LogP contribution is 2.15. The van der Waals surface area contributed by atoms with Crippen LogP contribution in [0.5, 0.6) is 0 Å². The highest BCUT2D eigenvalue weighted by molar-refractivity contribution is 5.92. The van der Waals surface area contributed by atoms with Crippen molar-refractivity contribution in [2.75, 3.05) is 18.6 Å². The zero-order valence-electron chi connectivity index (χ0n) is 9.84. The van der Waals surface area contributed by atoms with Crippen molar-refractivity contribution in [1.29, 1.82) is 0 Å². The van der Waals surface area contributed by atoms with Gasteiger partial charge in [-0.3, -0.25) is 4.90 Å². The van der Waals surface area contributed by atoms with Crippen LogP contribution in [0.25, 0.3) is 0 Å². The van der Waals surface area contributed by atoms with Gasteiger partial charge in [0.25, 0.3) is 0 Å². The first-order valence-electron chi connectivity index (χ1n) is 5.30. The molecular weight excluding hydrogens is 222 g/mol. The Balaban J connectivity index is 2.81. The van der Waals surface area contributed by atoms with Gasteiger partial charge in [0.1, 0.15) is 0 Å². The average Bonchev–Trinajstić information content (AvgIpc) is 2.35. The number of anilines is 1. The molecule has 0 aromatic heterocycles. The molecule has 1 rings (SSSR count). The maximum absolute atomic E-state index is 11.5. The van der Waals surface area contributed by atoms with Gasteiger partial charge in [0.15, 0.2) is 0 Å². The fourth-order valence-electron chi connectivity index (χ4n) is 1.24. The summed E-state index contributed by atoms with van der Waals surface area (Å²) in [6.07, 6.45) is 0.253. The van der Waals surface area contributed by atoms with E-state index in [2.05, 4.69) is 0 Å². The first-order chi connectivity index (χ1) is 8.06. The van der Waals surface area contributed by atoms with Crippen LogP contribution in [-0.2, 0) is 4.74 Å². The number of hydrogen-bond donors (Lipinski definition) is 1. The van der Waals surface area contributed by atoms with Crippen LogP contribution in [0.3, 0.4) is 0 Å². The minimum absolute atomic E-state index is 0.137. The number of carboxylic acid groups (broad SMARTS) is 1. The molecule has 0 atom stereocenters. The smallest absolute Gasteiger partial charge is 0.414 e. The molecule has 0 saturated heterocycles. The van der Waals surface area contributed by atoms with Gasteiger partial charge in [0.2, 0.25) is 0 Å². The van der Waals surface area contributed by atoms with E-state index in [0.717, 1.165) is 6.42 Å². The molecular formula is C12H15NO4. The molecule has 1 aromatic carbocycles. The van der Waals surface area contributed by atoms with Gasteiger partial charge < -0.3 is 9.84 Å². The van der Waals surface area contributed by atoms with E-state index in [0.29, 0.717) is 12.3 Å². The largest absolute Gasteiger partial charge is 0.478 e. The Labute approximate surface area is 99.6 Å². The molecule has 1 aromatic rings. The number of carbonyl (C=O) groups excluding carboxylic acids is 1. The van der Waals surface area contributed by atoms with Crippen LogP contribution < -0.4 is 4.90 Å². The number of carbonyl (C=O) groups is 2. The maximum atomic E-state index is 11.5. The predicted molar refractivity (Wildman–Crippen MR) is 63.4 cm³/mol. The fraction of sp³-hybridized carbons (Fsp3) is 0.333. The van der Waals surface area contributed by atoms with Crippen LogP contribution in [0, 0.1) is 0 Å². The predicted octanol–water partition coefficient (Wildman–Crippen LogP) is 2.37. The lowest BCUT2D eigenvalue weighted by atomic mass is 10.2. The lowest BCUT2D eigenvalue weighted by Crippen LogP contribution is -2.27. The van der Waals surface area contributed by atoms with E-state index in [-0.39, 0.29) is 5.56 Å². The van der Waals surface area contributed by atoms with Gasteiger partial charge in [-0.05, 0) is 24.6 Å². The topological polar surface area (TPSA) is 66.8 Å². The molecule has 17 heavy (non-hydrogen) atoms. The molecule has 1 N–H and O–H groups in total. The summed E-state index contributed by atoms with van der Waals surface area (Å²) in [5.41, 5.74) is 0.628. The number of rotatable bonds is 4. The molecule has 0 aliphatic heterocycles. The molecule has 5 heteroatoms. The molecule has 1 amide bonds. The van der Waals surface area contributed by atoms with Crippen molar-refractivity contribution in [2.45, 2.75) is 13.3 Å². The number of hydrogen-bond acceptors (Lipinski definition) is 3. The Morgan fingerprint density at radius 2 is 2.12 bits per heavy atom. The summed E-state index contributed by atoms with van der Waals surface area (Å²) in [6.45, 7) is 2.25. The molecule has 0 spiro atoms. The molecule has 0 aliphatic carbocycles. The lowest BCUT2D eigenvalue weighted by molar-refractivity contribution is 0.0696. The summed E-state index contributed by atoms with van der Waals surface area (Å²) in [5.74, 6) is -1.03. The highest BCUT2D eigenvalue weighted by Gasteiger charge is 2.13. The van der Waals surface area contributed by atoms with Crippen LogP contribution in [0.2, 0.25) is 0 Å². The summed E-state index contributed by atoms with van der Waals surface area (Å²) in [7, 11) is 1.54. The second kappa shape index (κ2) is 5.89. The van der Waals surface area contributed by atoms with Crippen LogP contribution in [-0.4, -0.2) is 30.8 Å². The first-order valence-corrected chi connectivity index (χ1v) is 5.30. The molecule has 0 heterocycles. The lowest BCUT2D eigenvalue weighted by Gasteiger charge is -2.17. The number of ether oxygens (including phenoxy) is 1. The second-order valence-corrected chi connectivity index (χ2v) is 3.53. The summed E-state index contributed by atoms with van der Waals surface area (Å²) >= 11 is 0. The van der Waals surface area contributed by atoms with E-state index in [9.17, 15) is 9.59 Å². The van der Waals surface area contributed by atoms with Gasteiger partial charge in [-0.1, -0.05) is 13.0 Å². The summed E-state index contributed by atoms with van der Waals surface area (Å²) in [5, 5.41) is 8.84. The number of aromatic carboxylic acids is 1. The molecule has 0 unspecified atom stereocenters. The molecule has 0 bridgehead atoms. The van der Waals surface area contributed by atoms with Gasteiger partial charge in [0, 0.05) is 12.7 Å². The van der Waals surface area contributed by atoms with Gasteiger partial charge in [-0.2, -0.15) is 0 Å². The van der Waals surface area contributed by atoms with Crippen molar-refractivity contribution in [2.24, 2.45) is 0 Å². The molecule has 92 valence electrons. The Bertz CT molecular complexity index is 417. The van der Waals surface area contributed by atoms with Crippen LogP contribution in [0.1, 0.15) is 23.7 Å². The number of amides is 1. The summed E-state index contributed by atoms with van der Waals surface area (Å²) < 4.78 is 4.95. The van der Waals surface area contributed by atoms with Crippen molar-refractivity contribution >= 4 is 17.7 Å². The van der Waals surface area contributed by atoms with Gasteiger partial charge in [0.05, 0.1) is 12.2 Å². The SMILES string of the molecule is CCCOC(=O)N(C)c1cccc(C(=O)O)c1. The summed E-state index contributed by atoms with van der Waals surface area (Å²) in [4.78, 5) is 23.6. The van der Waals surface area contributed by atoms with E-state index in [4.69, 9.17) is 9.84 Å². The van der Waals surface area contributed by atoms with E-state index in [1.165, 1.54) is 17.0 Å². The van der Waals surface area contributed by atoms with Crippen LogP contribution in [0.15, 0.2) is 24.3 Å². The van der Waals surface area contributed by atoms with E-state index in [1.807, 2.05) is 6.92 Å². The van der Waals surface area contributed by atoms with E-state index in [1.54, 1.807) is 19.2 Å². The Kier molecular flexibility index (Phi) is 4.51. The maximum Gasteiger partial charge on any atom is 0.414 e. The van der Waals surface area contributed by atoms with Crippen molar-refractivity contribution in [3.05, 3.63) is 29.8 Å². The van der Waals surface area contributed by atoms with Crippen LogP contribution in [0.4, 0.5) is 10.5 Å². The third-order valence-electron chi connectivity index (χ3n) is 2.18. The third-order valence-corrected chi connectivity index (χ3v) is 2.18. The fourth-order valence-corrected chi connectivity index (χ4v) is 1.24. The quantitative estimate of drug-likeness (QED) is 0.872. The van der Waals surface area contributed by atoms with Gasteiger partial charge in [-0.15, -0.1) is 0 Å². The standard InChI is InChI=1S/C12H15NO4/c1-3-7-17-12(16)13(2)10-6-4-5-9(8-10)11(14)15/h4-6,8H,3,7H2,1-2H3,(H,14,15). The highest BCUT2D eigenvalue weighted by atomic mass is 16.6. The Hall–Kier alpha value is -2.04. The van der Waals surface area contributed by atoms with Crippen LogP contribution >= 0.6 is 0 Å². The Morgan fingerprint density at radius 3 is 2.71 bits per heavy atom. The number of nitrogens with zero attached hydrogens (tertiary/aromatic N) is 1. The molecule has 0 radical (unpaired) electrons. The Morgan fingerprint density at radius 1 is 1.41 bits per heavy atom. The van der Waals surface area contributed by atoms with E-state index >= 15 is 0 Å². The summed E-state index contributed by atoms with van der Waals surface area (Å²) in [6, 6.07) is 6.13. The monoisotopic (exact) mass is 237 g/mol. The molecule has 0 saturated carbocycles. The minimum Gasteiger partial charge on any atom is -0.478 e. The average molecular weight is 237 g/mol. The van der Waals surface area contributed by atoms with Crippen molar-refractivity contribution in [3.63, 3.8) is 0 Å².